The van der Waals surface area contributed by atoms with Gasteiger partial charge in [-0.1, -0.05) is 12.1 Å². The smallest absolute Gasteiger partial charge is 0.341 e. The molecule has 8 nitrogen and oxygen atoms in total. The quantitative estimate of drug-likeness (QED) is 0.460. The van der Waals surface area contributed by atoms with Crippen molar-refractivity contribution in [2.24, 2.45) is 7.05 Å². The van der Waals surface area contributed by atoms with E-state index >= 15 is 0 Å². The predicted octanol–water partition coefficient (Wildman–Crippen LogP) is 2.72. The van der Waals surface area contributed by atoms with E-state index in [-0.39, 0.29) is 18.5 Å². The summed E-state index contributed by atoms with van der Waals surface area (Å²) in [6.07, 6.45) is 2.78. The topological polar surface area (TPSA) is 84.6 Å². The summed E-state index contributed by atoms with van der Waals surface area (Å²) in [6, 6.07) is 9.37. The van der Waals surface area contributed by atoms with Gasteiger partial charge >= 0.3 is 5.97 Å². The number of fused-ring (bicyclic) bond motifs is 1. The predicted molar refractivity (Wildman–Crippen MR) is 108 cm³/mol. The fourth-order valence-electron chi connectivity index (χ4n) is 3.54. The van der Waals surface area contributed by atoms with Crippen LogP contribution < -0.4 is 9.47 Å². The maximum Gasteiger partial charge on any atom is 0.341 e. The maximum absolute atomic E-state index is 12.7. The van der Waals surface area contributed by atoms with Crippen LogP contribution in [0.4, 0.5) is 0 Å². The molecular weight excluding hydrogens is 386 g/mol. The van der Waals surface area contributed by atoms with E-state index in [1.165, 1.54) is 10.9 Å². The van der Waals surface area contributed by atoms with Crippen LogP contribution in [0.15, 0.2) is 42.7 Å². The highest BCUT2D eigenvalue weighted by Gasteiger charge is 2.24. The van der Waals surface area contributed by atoms with Crippen LogP contribution in [-0.4, -0.2) is 45.4 Å². The van der Waals surface area contributed by atoms with Gasteiger partial charge in [-0.25, -0.2) is 4.79 Å². The van der Waals surface area contributed by atoms with Crippen molar-refractivity contribution >= 4 is 11.8 Å². The van der Waals surface area contributed by atoms with E-state index < -0.39 is 5.97 Å². The van der Waals surface area contributed by atoms with E-state index in [1.807, 2.05) is 48.7 Å². The third kappa shape index (κ3) is 3.94. The lowest BCUT2D eigenvalue weighted by Crippen LogP contribution is -2.33. The number of ether oxygens (including phenoxy) is 3. The zero-order valence-electron chi connectivity index (χ0n) is 17.1. The Morgan fingerprint density at radius 3 is 2.73 bits per heavy atom. The third-order valence-corrected chi connectivity index (χ3v) is 5.10. The summed E-state index contributed by atoms with van der Waals surface area (Å²) in [6.45, 7) is 4.47. The number of hydrogen-bond acceptors (Lipinski definition) is 6. The second-order valence-corrected chi connectivity index (χ2v) is 7.29. The van der Waals surface area contributed by atoms with Crippen LogP contribution in [0.25, 0.3) is 0 Å². The van der Waals surface area contributed by atoms with E-state index in [0.29, 0.717) is 24.3 Å². The van der Waals surface area contributed by atoms with Gasteiger partial charge in [0.25, 0.3) is 0 Å². The molecule has 0 fully saturated rings. The fraction of sp³-hybridized carbons (Fsp3) is 0.318. The van der Waals surface area contributed by atoms with Gasteiger partial charge < -0.3 is 18.8 Å². The first-order valence-electron chi connectivity index (χ1n) is 9.66. The summed E-state index contributed by atoms with van der Waals surface area (Å²) in [7, 11) is 1.70. The molecule has 1 atom stereocenters. The van der Waals surface area contributed by atoms with Crippen molar-refractivity contribution < 1.29 is 23.8 Å². The van der Waals surface area contributed by atoms with Crippen molar-refractivity contribution in [3.05, 3.63) is 65.2 Å². The van der Waals surface area contributed by atoms with Gasteiger partial charge in [0.15, 0.2) is 24.2 Å². The normalized spacial score (nSPS) is 15.1. The number of aromatic nitrogens is 3. The van der Waals surface area contributed by atoms with Gasteiger partial charge in [0.2, 0.25) is 5.78 Å². The molecule has 2 aromatic heterocycles. The molecule has 1 aromatic carbocycles. The zero-order chi connectivity index (χ0) is 21.3. The van der Waals surface area contributed by atoms with Crippen LogP contribution in [0.5, 0.6) is 11.5 Å². The Bertz CT molecular complexity index is 1100. The van der Waals surface area contributed by atoms with Crippen LogP contribution in [0.1, 0.15) is 32.1 Å². The van der Waals surface area contributed by atoms with Gasteiger partial charge in [0.1, 0.15) is 6.61 Å². The molecule has 3 aromatic rings. The van der Waals surface area contributed by atoms with Crippen LogP contribution in [-0.2, 0) is 18.3 Å². The summed E-state index contributed by atoms with van der Waals surface area (Å²) in [5, 5.41) is 3.93. The molecular formula is C22H23N3O5. The molecule has 3 heterocycles. The van der Waals surface area contributed by atoms with E-state index in [1.54, 1.807) is 13.2 Å². The molecule has 0 saturated carbocycles. The number of carbonyl (C=O) groups is 2. The molecule has 4 rings (SSSR count). The van der Waals surface area contributed by atoms with Gasteiger partial charge in [0.05, 0.1) is 18.3 Å². The molecule has 30 heavy (non-hydrogen) atoms. The van der Waals surface area contributed by atoms with Crippen molar-refractivity contribution in [3.8, 4) is 11.5 Å². The average molecular weight is 409 g/mol. The molecule has 0 saturated heterocycles. The Labute approximate surface area is 174 Å². The van der Waals surface area contributed by atoms with E-state index in [4.69, 9.17) is 14.2 Å². The Morgan fingerprint density at radius 1 is 1.23 bits per heavy atom. The van der Waals surface area contributed by atoms with Crippen LogP contribution in [0.3, 0.4) is 0 Å². The summed E-state index contributed by atoms with van der Waals surface area (Å²) >= 11 is 0. The fourth-order valence-corrected chi connectivity index (χ4v) is 3.54. The Kier molecular flexibility index (Phi) is 5.31. The third-order valence-electron chi connectivity index (χ3n) is 5.10. The van der Waals surface area contributed by atoms with Crippen molar-refractivity contribution in [3.63, 3.8) is 0 Å². The number of carbonyl (C=O) groups excluding carboxylic acids is 2. The van der Waals surface area contributed by atoms with Crippen LogP contribution in [0, 0.1) is 13.8 Å². The van der Waals surface area contributed by atoms with E-state index in [2.05, 4.69) is 5.10 Å². The minimum absolute atomic E-state index is 0.170. The lowest BCUT2D eigenvalue weighted by atomic mass is 10.1. The Balaban J connectivity index is 1.42. The lowest BCUT2D eigenvalue weighted by Gasteiger charge is -2.27. The number of ketones is 1. The molecule has 8 heteroatoms. The number of hydrogen-bond donors (Lipinski definition) is 0. The number of rotatable bonds is 6. The average Bonchev–Trinajstić information content (AvgIpc) is 3.30. The van der Waals surface area contributed by atoms with Gasteiger partial charge in [-0.05, 0) is 32.0 Å². The summed E-state index contributed by atoms with van der Waals surface area (Å²) in [5.74, 6) is 0.630. The highest BCUT2D eigenvalue weighted by atomic mass is 16.6. The zero-order valence-corrected chi connectivity index (χ0v) is 17.1. The first-order valence-corrected chi connectivity index (χ1v) is 9.66. The molecule has 0 spiro atoms. The Morgan fingerprint density at radius 2 is 2.00 bits per heavy atom. The lowest BCUT2D eigenvalue weighted by molar-refractivity contribution is 0.0474. The summed E-state index contributed by atoms with van der Waals surface area (Å²) in [5.41, 5.74) is 2.57. The standard InChI is InChI=1S/C22H23N3O5/c1-14-8-18(19(26)13-29-22(27)16-9-23-24(3)10-16)15(2)25(14)11-17-12-28-20-6-4-5-7-21(20)30-17/h4-10,17H,11-13H2,1-3H3. The highest BCUT2D eigenvalue weighted by molar-refractivity contribution is 6.00. The highest BCUT2D eigenvalue weighted by Crippen LogP contribution is 2.31. The summed E-state index contributed by atoms with van der Waals surface area (Å²) < 4.78 is 20.5. The number of aryl methyl sites for hydroxylation is 2. The molecule has 156 valence electrons. The number of esters is 1. The molecule has 1 unspecified atom stereocenters. The second-order valence-electron chi connectivity index (χ2n) is 7.29. The van der Waals surface area contributed by atoms with Gasteiger partial charge in [-0.2, -0.15) is 5.10 Å². The molecule has 0 aliphatic carbocycles. The van der Waals surface area contributed by atoms with E-state index in [0.717, 1.165) is 22.9 Å². The van der Waals surface area contributed by atoms with E-state index in [9.17, 15) is 9.59 Å². The minimum atomic E-state index is -0.573. The van der Waals surface area contributed by atoms with Crippen molar-refractivity contribution in [2.45, 2.75) is 26.5 Å². The summed E-state index contributed by atoms with van der Waals surface area (Å²) in [4.78, 5) is 24.7. The van der Waals surface area contributed by atoms with Crippen LogP contribution >= 0.6 is 0 Å². The number of para-hydroxylation sites is 2. The van der Waals surface area contributed by atoms with Crippen LogP contribution in [0.2, 0.25) is 0 Å². The molecule has 0 amide bonds. The molecule has 0 bridgehead atoms. The van der Waals surface area contributed by atoms with Crippen molar-refractivity contribution in [1.82, 2.24) is 14.3 Å². The second kappa shape index (κ2) is 8.06. The van der Waals surface area contributed by atoms with Crippen molar-refractivity contribution in [2.75, 3.05) is 13.2 Å². The first-order chi connectivity index (χ1) is 14.4. The monoisotopic (exact) mass is 409 g/mol. The molecule has 0 radical (unpaired) electrons. The first kappa shape index (κ1) is 19.8. The maximum atomic E-state index is 12.7. The van der Waals surface area contributed by atoms with Gasteiger partial charge in [-0.15, -0.1) is 0 Å². The van der Waals surface area contributed by atoms with Gasteiger partial charge in [0, 0.05) is 30.2 Å². The molecule has 1 aliphatic rings. The minimum Gasteiger partial charge on any atom is -0.486 e. The van der Waals surface area contributed by atoms with Gasteiger partial charge in [-0.3, -0.25) is 9.48 Å². The van der Waals surface area contributed by atoms with Crippen molar-refractivity contribution in [1.29, 1.82) is 0 Å². The number of benzene rings is 1. The SMILES string of the molecule is Cc1cc(C(=O)COC(=O)c2cnn(C)c2)c(C)n1CC1COc2ccccc2O1. The molecule has 1 aliphatic heterocycles. The largest absolute Gasteiger partial charge is 0.486 e. The molecule has 0 N–H and O–H groups in total. The number of Topliss-reactive ketones (excluding diaryl/α,β-unsaturated/α-hetero) is 1. The Hall–Kier alpha value is -3.55. The number of nitrogens with zero attached hydrogens (tertiary/aromatic N) is 3.